The number of rotatable bonds is 5. The maximum atomic E-state index is 12.4. The lowest BCUT2D eigenvalue weighted by Crippen LogP contribution is -2.33. The van der Waals surface area contributed by atoms with Crippen LogP contribution in [0, 0.1) is 5.41 Å². The Morgan fingerprint density at radius 2 is 1.84 bits per heavy atom. The fraction of sp³-hybridized carbons (Fsp3) is 0.600. The molecule has 1 aliphatic rings. The number of nitrogens with one attached hydrogen (secondary N) is 1. The Bertz CT molecular complexity index is 723. The van der Waals surface area contributed by atoms with Crippen molar-refractivity contribution in [2.24, 2.45) is 5.41 Å². The van der Waals surface area contributed by atoms with Gasteiger partial charge in [-0.1, -0.05) is 39.3 Å². The van der Waals surface area contributed by atoms with Crippen LogP contribution < -0.4 is 5.32 Å². The number of aromatic nitrogens is 2. The molecule has 1 aromatic carbocycles. The van der Waals surface area contributed by atoms with Gasteiger partial charge in [0.2, 0.25) is 11.9 Å². The van der Waals surface area contributed by atoms with Crippen LogP contribution >= 0.6 is 0 Å². The van der Waals surface area contributed by atoms with Gasteiger partial charge in [-0.3, -0.25) is 10.1 Å². The van der Waals surface area contributed by atoms with E-state index in [2.05, 4.69) is 46.6 Å². The topological polar surface area (TPSA) is 50.2 Å². The summed E-state index contributed by atoms with van der Waals surface area (Å²) in [7, 11) is 0. The minimum atomic E-state index is -0.0330. The van der Waals surface area contributed by atoms with E-state index in [-0.39, 0.29) is 11.3 Å². The minimum absolute atomic E-state index is 0.0297. The summed E-state index contributed by atoms with van der Waals surface area (Å²) in [5.74, 6) is 0.703. The van der Waals surface area contributed by atoms with Gasteiger partial charge in [-0.15, -0.1) is 0 Å². The molecule has 1 aliphatic heterocycles. The number of fused-ring (bicyclic) bond motifs is 1. The fourth-order valence-corrected chi connectivity index (χ4v) is 3.47. The van der Waals surface area contributed by atoms with Gasteiger partial charge in [0.15, 0.2) is 0 Å². The number of carbonyl (C=O) groups is 1. The third-order valence-electron chi connectivity index (χ3n) is 4.69. The molecule has 1 N–H and O–H groups in total. The van der Waals surface area contributed by atoms with Crippen LogP contribution in [0.1, 0.15) is 46.5 Å². The largest absolute Gasteiger partial charge is 0.309 e. The Balaban J connectivity index is 1.77. The van der Waals surface area contributed by atoms with Crippen molar-refractivity contribution in [3.05, 3.63) is 24.3 Å². The predicted octanol–water partition coefficient (Wildman–Crippen LogP) is 3.90. The first-order chi connectivity index (χ1) is 11.9. The van der Waals surface area contributed by atoms with Gasteiger partial charge in [-0.2, -0.15) is 0 Å². The van der Waals surface area contributed by atoms with E-state index in [1.54, 1.807) is 0 Å². The average Bonchev–Trinajstić information content (AvgIpc) is 2.89. The van der Waals surface area contributed by atoms with Crippen molar-refractivity contribution >= 4 is 22.9 Å². The van der Waals surface area contributed by atoms with E-state index >= 15 is 0 Å². The number of amides is 1. The number of likely N-dealkylation sites (tertiary alicyclic amines) is 1. The Hall–Kier alpha value is -1.88. The Morgan fingerprint density at radius 3 is 2.56 bits per heavy atom. The highest BCUT2D eigenvalue weighted by Gasteiger charge is 2.19. The maximum absolute atomic E-state index is 12.4. The Kier molecular flexibility index (Phi) is 5.42. The molecule has 1 saturated heterocycles. The summed E-state index contributed by atoms with van der Waals surface area (Å²) in [6.07, 6.45) is 4.42. The third-order valence-corrected chi connectivity index (χ3v) is 4.69. The molecule has 5 nitrogen and oxygen atoms in total. The van der Waals surface area contributed by atoms with Gasteiger partial charge in [0.05, 0.1) is 11.0 Å². The van der Waals surface area contributed by atoms with Crippen LogP contribution in [-0.2, 0) is 11.3 Å². The Labute approximate surface area is 150 Å². The average molecular weight is 342 g/mol. The maximum Gasteiger partial charge on any atom is 0.227 e. The number of para-hydroxylation sites is 2. The van der Waals surface area contributed by atoms with Crippen LogP contribution in [-0.4, -0.2) is 40.0 Å². The van der Waals surface area contributed by atoms with Crippen molar-refractivity contribution in [1.82, 2.24) is 14.5 Å². The molecule has 0 atom stereocenters. The second-order valence-corrected chi connectivity index (χ2v) is 8.26. The molecule has 3 rings (SSSR count). The van der Waals surface area contributed by atoms with Gasteiger partial charge in [0.25, 0.3) is 0 Å². The van der Waals surface area contributed by atoms with Gasteiger partial charge in [-0.05, 0) is 43.5 Å². The predicted molar refractivity (Wildman–Crippen MR) is 103 cm³/mol. The summed E-state index contributed by atoms with van der Waals surface area (Å²) in [6, 6.07) is 8.11. The van der Waals surface area contributed by atoms with Crippen molar-refractivity contribution in [2.75, 3.05) is 25.0 Å². The molecule has 2 aromatic rings. The van der Waals surface area contributed by atoms with E-state index in [4.69, 9.17) is 0 Å². The van der Waals surface area contributed by atoms with Crippen molar-refractivity contribution in [3.8, 4) is 0 Å². The number of anilines is 1. The highest BCUT2D eigenvalue weighted by Crippen LogP contribution is 2.23. The van der Waals surface area contributed by atoms with E-state index in [0.29, 0.717) is 12.4 Å². The van der Waals surface area contributed by atoms with Crippen LogP contribution in [0.25, 0.3) is 11.0 Å². The molecule has 1 amide bonds. The van der Waals surface area contributed by atoms with Crippen molar-refractivity contribution in [3.63, 3.8) is 0 Å². The SMILES string of the molecule is CC(C)(C)CC(=O)Nc1nc2ccccc2n1CCN1CCCCC1. The van der Waals surface area contributed by atoms with Crippen LogP contribution in [0.15, 0.2) is 24.3 Å². The minimum Gasteiger partial charge on any atom is -0.309 e. The van der Waals surface area contributed by atoms with Crippen molar-refractivity contribution in [1.29, 1.82) is 0 Å². The molecule has 25 heavy (non-hydrogen) atoms. The fourth-order valence-electron chi connectivity index (χ4n) is 3.47. The summed E-state index contributed by atoms with van der Waals surface area (Å²) in [4.78, 5) is 19.6. The lowest BCUT2D eigenvalue weighted by molar-refractivity contribution is -0.117. The van der Waals surface area contributed by atoms with Crippen molar-refractivity contribution in [2.45, 2.75) is 53.0 Å². The van der Waals surface area contributed by atoms with Gasteiger partial charge in [0, 0.05) is 19.5 Å². The highest BCUT2D eigenvalue weighted by molar-refractivity contribution is 5.91. The molecule has 0 bridgehead atoms. The lowest BCUT2D eigenvalue weighted by Gasteiger charge is -2.26. The normalized spacial score (nSPS) is 16.3. The second-order valence-electron chi connectivity index (χ2n) is 8.26. The number of piperidine rings is 1. The zero-order chi connectivity index (χ0) is 17.9. The molecule has 0 radical (unpaired) electrons. The first-order valence-corrected chi connectivity index (χ1v) is 9.40. The standard InChI is InChI=1S/C20H30N4O/c1-20(2,3)15-18(25)22-19-21-16-9-5-6-10-17(16)24(19)14-13-23-11-7-4-8-12-23/h5-6,9-10H,4,7-8,11-15H2,1-3H3,(H,21,22,25). The zero-order valence-corrected chi connectivity index (χ0v) is 15.7. The lowest BCUT2D eigenvalue weighted by atomic mass is 9.92. The molecule has 5 heteroatoms. The smallest absolute Gasteiger partial charge is 0.227 e. The van der Waals surface area contributed by atoms with Crippen LogP contribution in [0.5, 0.6) is 0 Å². The summed E-state index contributed by atoms with van der Waals surface area (Å²) in [5.41, 5.74) is 1.99. The van der Waals surface area contributed by atoms with Gasteiger partial charge in [-0.25, -0.2) is 4.98 Å². The van der Waals surface area contributed by atoms with Gasteiger partial charge in [0.1, 0.15) is 0 Å². The molecule has 0 spiro atoms. The summed E-state index contributed by atoms with van der Waals surface area (Å²) in [6.45, 7) is 10.4. The molecular weight excluding hydrogens is 312 g/mol. The van der Waals surface area contributed by atoms with Crippen LogP contribution in [0.2, 0.25) is 0 Å². The monoisotopic (exact) mass is 342 g/mol. The highest BCUT2D eigenvalue weighted by atomic mass is 16.1. The molecule has 0 saturated carbocycles. The van der Waals surface area contributed by atoms with E-state index in [0.717, 1.165) is 24.1 Å². The molecule has 136 valence electrons. The molecule has 0 aliphatic carbocycles. The summed E-state index contributed by atoms with van der Waals surface area (Å²) >= 11 is 0. The molecule has 2 heterocycles. The number of hydrogen-bond acceptors (Lipinski definition) is 3. The van der Waals surface area contributed by atoms with Crippen molar-refractivity contribution < 1.29 is 4.79 Å². The molecular formula is C20H30N4O. The van der Waals surface area contributed by atoms with Crippen LogP contribution in [0.3, 0.4) is 0 Å². The first-order valence-electron chi connectivity index (χ1n) is 9.40. The molecule has 1 aromatic heterocycles. The molecule has 0 unspecified atom stereocenters. The number of benzene rings is 1. The quantitative estimate of drug-likeness (QED) is 0.896. The van der Waals surface area contributed by atoms with E-state index in [9.17, 15) is 4.79 Å². The van der Waals surface area contributed by atoms with E-state index in [1.165, 1.54) is 32.4 Å². The van der Waals surface area contributed by atoms with E-state index in [1.807, 2.05) is 18.2 Å². The third kappa shape index (κ3) is 4.82. The van der Waals surface area contributed by atoms with Crippen LogP contribution in [0.4, 0.5) is 5.95 Å². The first kappa shape index (κ1) is 17.9. The zero-order valence-electron chi connectivity index (χ0n) is 15.7. The van der Waals surface area contributed by atoms with Gasteiger partial charge < -0.3 is 9.47 Å². The van der Waals surface area contributed by atoms with E-state index < -0.39 is 0 Å². The summed E-state index contributed by atoms with van der Waals surface area (Å²) < 4.78 is 2.16. The van der Waals surface area contributed by atoms with Gasteiger partial charge >= 0.3 is 0 Å². The Morgan fingerprint density at radius 1 is 1.12 bits per heavy atom. The number of nitrogens with zero attached hydrogens (tertiary/aromatic N) is 3. The number of carbonyl (C=O) groups excluding carboxylic acids is 1. The number of hydrogen-bond donors (Lipinski definition) is 1. The second kappa shape index (κ2) is 7.56. The summed E-state index contributed by atoms with van der Waals surface area (Å²) in [5, 5.41) is 3.04. The number of imidazole rings is 1. The molecule has 1 fully saturated rings.